The summed E-state index contributed by atoms with van der Waals surface area (Å²) in [7, 11) is 0. The molecule has 0 N–H and O–H groups in total. The summed E-state index contributed by atoms with van der Waals surface area (Å²) in [6.45, 7) is 15.6. The Kier molecular flexibility index (Phi) is 10.8. The molecular weight excluding hydrogens is 727 g/mol. The minimum Gasteiger partial charge on any atom is -0.456 e. The van der Waals surface area contributed by atoms with E-state index in [2.05, 4.69) is 210 Å². The van der Waals surface area contributed by atoms with Crippen LogP contribution < -0.4 is 4.90 Å². The molecule has 0 aliphatic heterocycles. The van der Waals surface area contributed by atoms with Crippen molar-refractivity contribution in [3.63, 3.8) is 0 Å². The van der Waals surface area contributed by atoms with E-state index in [-0.39, 0.29) is 17.4 Å². The number of para-hydroxylation sites is 1. The summed E-state index contributed by atoms with van der Waals surface area (Å²) in [4.78, 5) is 2.54. The molecule has 5 aliphatic carbocycles. The SMILES string of the molecule is C=C/C=C(\C1=CC1)c1ccccc1N(c1ccc2c3c(oc2c1)C1=C(C/C=C\C=C/[C@H]3C)C(C)(C)c2cccc(C3C=CC=CC3)c21)C1C=CC(C(C)/C=C\C=C/C)=CC1. The maximum Gasteiger partial charge on any atom is 0.139 e. The third kappa shape index (κ3) is 7.17. The predicted molar refractivity (Wildman–Crippen MR) is 257 cm³/mol. The average Bonchev–Trinajstić information content (AvgIpc) is 4.00. The van der Waals surface area contributed by atoms with E-state index in [1.807, 2.05) is 6.08 Å². The lowest BCUT2D eigenvalue weighted by Gasteiger charge is -2.35. The van der Waals surface area contributed by atoms with Crippen molar-refractivity contribution in [2.45, 2.75) is 83.6 Å². The van der Waals surface area contributed by atoms with Crippen molar-refractivity contribution >= 4 is 33.5 Å². The summed E-state index contributed by atoms with van der Waals surface area (Å²) in [5.41, 5.74) is 16.4. The highest BCUT2D eigenvalue weighted by Crippen LogP contribution is 2.55. The van der Waals surface area contributed by atoms with Crippen LogP contribution in [0.25, 0.3) is 22.1 Å². The third-order valence-corrected chi connectivity index (χ3v) is 13.3. The van der Waals surface area contributed by atoms with Crippen LogP contribution in [0.15, 0.2) is 198 Å². The Hall–Kier alpha value is -6.12. The number of hydrogen-bond acceptors (Lipinski definition) is 2. The topological polar surface area (TPSA) is 16.4 Å². The van der Waals surface area contributed by atoms with Crippen LogP contribution in [-0.2, 0) is 5.41 Å². The third-order valence-electron chi connectivity index (χ3n) is 13.3. The van der Waals surface area contributed by atoms with Crippen molar-refractivity contribution in [3.05, 3.63) is 227 Å². The van der Waals surface area contributed by atoms with E-state index < -0.39 is 0 Å². The molecule has 0 saturated heterocycles. The number of furan rings is 1. The van der Waals surface area contributed by atoms with E-state index in [1.165, 1.54) is 66.8 Å². The Morgan fingerprint density at radius 1 is 0.900 bits per heavy atom. The van der Waals surface area contributed by atoms with Crippen LogP contribution in [0.2, 0.25) is 0 Å². The first kappa shape index (κ1) is 39.3. The van der Waals surface area contributed by atoms with Crippen LogP contribution in [0.3, 0.4) is 0 Å². The smallest absolute Gasteiger partial charge is 0.139 e. The van der Waals surface area contributed by atoms with Crippen LogP contribution in [0.5, 0.6) is 0 Å². The molecular formula is C58H57NO. The number of allylic oxidation sites excluding steroid dienone is 20. The van der Waals surface area contributed by atoms with Crippen LogP contribution in [0.1, 0.15) is 106 Å². The van der Waals surface area contributed by atoms with Crippen molar-refractivity contribution in [2.24, 2.45) is 5.92 Å². The zero-order valence-electron chi connectivity index (χ0n) is 35.9. The summed E-state index contributed by atoms with van der Waals surface area (Å²) >= 11 is 0. The zero-order valence-corrected chi connectivity index (χ0v) is 35.9. The van der Waals surface area contributed by atoms with Crippen molar-refractivity contribution in [2.75, 3.05) is 4.90 Å². The van der Waals surface area contributed by atoms with Crippen molar-refractivity contribution in [1.29, 1.82) is 0 Å². The second-order valence-corrected chi connectivity index (χ2v) is 17.4. The lowest BCUT2D eigenvalue weighted by molar-refractivity contribution is 0.588. The van der Waals surface area contributed by atoms with E-state index in [0.29, 0.717) is 11.8 Å². The Balaban J connectivity index is 1.23. The summed E-state index contributed by atoms with van der Waals surface area (Å²) in [5.74, 6) is 1.82. The molecule has 4 aromatic rings. The molecule has 9 rings (SSSR count). The molecule has 60 heavy (non-hydrogen) atoms. The van der Waals surface area contributed by atoms with Gasteiger partial charge in [-0.3, -0.25) is 0 Å². The first-order valence-corrected chi connectivity index (χ1v) is 22.0. The van der Waals surface area contributed by atoms with Gasteiger partial charge in [-0.15, -0.1) is 0 Å². The van der Waals surface area contributed by atoms with Crippen LogP contribution in [0.4, 0.5) is 11.4 Å². The molecule has 2 nitrogen and oxygen atoms in total. The largest absolute Gasteiger partial charge is 0.456 e. The molecule has 5 aliphatic rings. The molecule has 0 saturated carbocycles. The average molecular weight is 784 g/mol. The molecule has 4 atom stereocenters. The molecule has 0 amide bonds. The van der Waals surface area contributed by atoms with Crippen molar-refractivity contribution < 1.29 is 4.42 Å². The number of nitrogens with zero attached hydrogens (tertiary/aromatic N) is 1. The monoisotopic (exact) mass is 783 g/mol. The lowest BCUT2D eigenvalue weighted by atomic mass is 9.78. The number of fused-ring (bicyclic) bond motifs is 6. The highest BCUT2D eigenvalue weighted by Gasteiger charge is 2.42. The Morgan fingerprint density at radius 2 is 1.73 bits per heavy atom. The normalized spacial score (nSPS) is 23.3. The lowest BCUT2D eigenvalue weighted by Crippen LogP contribution is -2.31. The predicted octanol–water partition coefficient (Wildman–Crippen LogP) is 15.8. The molecule has 0 bridgehead atoms. The molecule has 0 spiro atoms. The first-order valence-electron chi connectivity index (χ1n) is 22.0. The van der Waals surface area contributed by atoms with Gasteiger partial charge in [0.15, 0.2) is 0 Å². The summed E-state index contributed by atoms with van der Waals surface area (Å²) in [5, 5.41) is 1.18. The molecule has 1 aromatic heterocycles. The summed E-state index contributed by atoms with van der Waals surface area (Å²) < 4.78 is 7.42. The number of anilines is 2. The minimum absolute atomic E-state index is 0.102. The van der Waals surface area contributed by atoms with Gasteiger partial charge in [-0.25, -0.2) is 0 Å². The molecule has 0 fully saturated rings. The van der Waals surface area contributed by atoms with Gasteiger partial charge < -0.3 is 9.32 Å². The standard InChI is InChI=1S/C58H57NO/c1-7-9-12-21-39(3)41-32-34-44(35-33-41)59(52-29-18-17-25-48(52)46(20-8-2)43-30-31-43)45-36-37-49-53(38-45)60-57-54(49)40(4)22-13-10-16-27-51-56(57)55-47(42-23-14-11-15-24-42)26-19-28-50(55)58(51,5)6/h7-23,25-26,28-30,32-34,36-40,42,44H,2,24,27,31,35H2,1,3-6H3/b9-7-,16-10-,21-12-,22-13-,46-20+/t39?,40-,42?,44?/m1/s1. The van der Waals surface area contributed by atoms with Gasteiger partial charge in [0.05, 0.1) is 6.04 Å². The highest BCUT2D eigenvalue weighted by molar-refractivity contribution is 5.98. The van der Waals surface area contributed by atoms with Gasteiger partial charge in [-0.05, 0) is 95.7 Å². The van der Waals surface area contributed by atoms with E-state index in [0.717, 1.165) is 42.7 Å². The van der Waals surface area contributed by atoms with E-state index in [4.69, 9.17) is 4.42 Å². The van der Waals surface area contributed by atoms with Gasteiger partial charge >= 0.3 is 0 Å². The Bertz CT molecular complexity index is 2700. The molecule has 2 heteroatoms. The fraction of sp³-hybridized carbons (Fsp3) is 0.241. The van der Waals surface area contributed by atoms with Gasteiger partial charge in [0.2, 0.25) is 0 Å². The fourth-order valence-corrected chi connectivity index (χ4v) is 10.00. The molecule has 3 aromatic carbocycles. The Labute approximate surface area is 357 Å². The zero-order chi connectivity index (χ0) is 41.4. The van der Waals surface area contributed by atoms with E-state index >= 15 is 0 Å². The number of benzene rings is 3. The van der Waals surface area contributed by atoms with Gasteiger partial charge in [0, 0.05) is 56.8 Å². The van der Waals surface area contributed by atoms with Gasteiger partial charge in [-0.2, -0.15) is 0 Å². The van der Waals surface area contributed by atoms with Crippen molar-refractivity contribution in [1.82, 2.24) is 0 Å². The van der Waals surface area contributed by atoms with E-state index in [9.17, 15) is 0 Å². The fourth-order valence-electron chi connectivity index (χ4n) is 10.00. The van der Waals surface area contributed by atoms with Crippen LogP contribution >= 0.6 is 0 Å². The molecule has 3 unspecified atom stereocenters. The summed E-state index contributed by atoms with van der Waals surface area (Å²) in [6, 6.07) is 23.0. The quantitative estimate of drug-likeness (QED) is 0.149. The van der Waals surface area contributed by atoms with Crippen LogP contribution in [0, 0.1) is 5.92 Å². The molecule has 1 heterocycles. The maximum absolute atomic E-state index is 7.42. The van der Waals surface area contributed by atoms with Crippen LogP contribution in [-0.4, -0.2) is 6.04 Å². The highest BCUT2D eigenvalue weighted by atomic mass is 16.3. The number of hydrogen-bond donors (Lipinski definition) is 0. The number of rotatable bonds is 10. The second kappa shape index (κ2) is 16.5. The van der Waals surface area contributed by atoms with Gasteiger partial charge in [0.1, 0.15) is 11.3 Å². The van der Waals surface area contributed by atoms with Gasteiger partial charge in [-0.1, -0.05) is 180 Å². The second-order valence-electron chi connectivity index (χ2n) is 17.4. The Morgan fingerprint density at radius 3 is 2.50 bits per heavy atom. The molecule has 300 valence electrons. The van der Waals surface area contributed by atoms with Crippen molar-refractivity contribution in [3.8, 4) is 0 Å². The summed E-state index contributed by atoms with van der Waals surface area (Å²) in [6.07, 6.45) is 44.2. The molecule has 0 radical (unpaired) electrons. The van der Waals surface area contributed by atoms with Gasteiger partial charge in [0.25, 0.3) is 0 Å². The first-order chi connectivity index (χ1) is 29.3. The van der Waals surface area contributed by atoms with E-state index in [1.54, 1.807) is 0 Å². The minimum atomic E-state index is -0.152. The maximum atomic E-state index is 7.42.